The quantitative estimate of drug-likeness (QED) is 0.858. The van der Waals surface area contributed by atoms with Gasteiger partial charge in [-0.05, 0) is 37.5 Å². The van der Waals surface area contributed by atoms with Crippen molar-refractivity contribution in [2.24, 2.45) is 5.92 Å². The Kier molecular flexibility index (Phi) is 4.06. The van der Waals surface area contributed by atoms with Crippen molar-refractivity contribution < 1.29 is 0 Å². The summed E-state index contributed by atoms with van der Waals surface area (Å²) in [7, 11) is 0. The zero-order valence-corrected chi connectivity index (χ0v) is 11.2. The lowest BCUT2D eigenvalue weighted by atomic mass is 9.98. The van der Waals surface area contributed by atoms with E-state index in [4.69, 9.17) is 0 Å². The van der Waals surface area contributed by atoms with Crippen LogP contribution in [0.5, 0.6) is 0 Å². The van der Waals surface area contributed by atoms with Crippen LogP contribution in [0.1, 0.15) is 25.8 Å². The number of hydrogen-bond acceptors (Lipinski definition) is 2. The van der Waals surface area contributed by atoms with E-state index in [2.05, 4.69) is 55.3 Å². The Morgan fingerprint density at radius 1 is 1.29 bits per heavy atom. The second-order valence-corrected chi connectivity index (χ2v) is 5.02. The summed E-state index contributed by atoms with van der Waals surface area (Å²) < 4.78 is 0. The molecule has 1 fully saturated rings. The van der Waals surface area contributed by atoms with Gasteiger partial charge in [0.1, 0.15) is 0 Å². The lowest BCUT2D eigenvalue weighted by Gasteiger charge is -2.33. The fourth-order valence-electron chi connectivity index (χ4n) is 2.92. The molecule has 0 radical (unpaired) electrons. The Morgan fingerprint density at radius 3 is 2.76 bits per heavy atom. The molecule has 0 spiro atoms. The molecule has 0 aliphatic carbocycles. The zero-order chi connectivity index (χ0) is 12.3. The highest BCUT2D eigenvalue weighted by Gasteiger charge is 2.30. The van der Waals surface area contributed by atoms with Gasteiger partial charge in [0.2, 0.25) is 0 Å². The molecule has 2 atom stereocenters. The van der Waals surface area contributed by atoms with Crippen LogP contribution in [0.25, 0.3) is 0 Å². The van der Waals surface area contributed by atoms with Gasteiger partial charge in [-0.15, -0.1) is 0 Å². The maximum Gasteiger partial charge on any atom is 0.0454 e. The van der Waals surface area contributed by atoms with Gasteiger partial charge in [-0.25, -0.2) is 0 Å². The van der Waals surface area contributed by atoms with Gasteiger partial charge < -0.3 is 10.2 Å². The molecule has 1 aliphatic heterocycles. The van der Waals surface area contributed by atoms with E-state index in [1.807, 2.05) is 0 Å². The van der Waals surface area contributed by atoms with Crippen LogP contribution >= 0.6 is 0 Å². The second-order valence-electron chi connectivity index (χ2n) is 5.02. The summed E-state index contributed by atoms with van der Waals surface area (Å²) in [5.41, 5.74) is 2.72. The van der Waals surface area contributed by atoms with Crippen molar-refractivity contribution in [2.45, 2.75) is 33.2 Å². The van der Waals surface area contributed by atoms with E-state index in [9.17, 15) is 0 Å². The smallest absolute Gasteiger partial charge is 0.0454 e. The van der Waals surface area contributed by atoms with Crippen molar-refractivity contribution >= 4 is 5.69 Å². The number of nitrogens with one attached hydrogen (secondary N) is 1. The van der Waals surface area contributed by atoms with Gasteiger partial charge in [0, 0.05) is 31.4 Å². The fourth-order valence-corrected chi connectivity index (χ4v) is 2.92. The molecule has 2 heteroatoms. The van der Waals surface area contributed by atoms with Crippen molar-refractivity contribution in [2.75, 3.05) is 24.5 Å². The normalized spacial score (nSPS) is 23.9. The molecule has 0 aromatic heterocycles. The van der Waals surface area contributed by atoms with E-state index in [1.54, 1.807) is 0 Å². The Labute approximate surface area is 105 Å². The highest BCUT2D eigenvalue weighted by molar-refractivity contribution is 5.49. The van der Waals surface area contributed by atoms with Gasteiger partial charge in [0.05, 0.1) is 0 Å². The van der Waals surface area contributed by atoms with Crippen LogP contribution in [0.2, 0.25) is 0 Å². The van der Waals surface area contributed by atoms with E-state index in [0.717, 1.165) is 19.0 Å². The molecule has 1 saturated heterocycles. The summed E-state index contributed by atoms with van der Waals surface area (Å²) in [6.45, 7) is 10.1. The maximum atomic E-state index is 3.53. The van der Waals surface area contributed by atoms with Gasteiger partial charge in [-0.1, -0.05) is 25.5 Å². The SMILES string of the molecule is CCC1CNCC1N(CC)c1cccc(C)c1. The topological polar surface area (TPSA) is 15.3 Å². The molecular weight excluding hydrogens is 208 g/mol. The summed E-state index contributed by atoms with van der Waals surface area (Å²) >= 11 is 0. The van der Waals surface area contributed by atoms with E-state index in [0.29, 0.717) is 6.04 Å². The minimum Gasteiger partial charge on any atom is -0.367 e. The first-order valence-corrected chi connectivity index (χ1v) is 6.80. The molecular formula is C15H24N2. The highest BCUT2D eigenvalue weighted by atomic mass is 15.2. The molecule has 2 rings (SSSR count). The van der Waals surface area contributed by atoms with Gasteiger partial charge in [-0.2, -0.15) is 0 Å². The molecule has 1 aromatic rings. The standard InChI is InChI=1S/C15H24N2/c1-4-13-10-16-11-15(13)17(5-2)14-8-6-7-12(3)9-14/h6-9,13,15-16H,4-5,10-11H2,1-3H3. The molecule has 1 aliphatic rings. The first-order valence-electron chi connectivity index (χ1n) is 6.80. The Hall–Kier alpha value is -1.02. The highest BCUT2D eigenvalue weighted by Crippen LogP contribution is 2.25. The number of nitrogens with zero attached hydrogens (tertiary/aromatic N) is 1. The summed E-state index contributed by atoms with van der Waals surface area (Å²) in [5, 5.41) is 3.53. The maximum absolute atomic E-state index is 3.53. The van der Waals surface area contributed by atoms with Gasteiger partial charge in [0.25, 0.3) is 0 Å². The van der Waals surface area contributed by atoms with Crippen molar-refractivity contribution in [1.29, 1.82) is 0 Å². The van der Waals surface area contributed by atoms with Crippen LogP contribution in [-0.4, -0.2) is 25.7 Å². The van der Waals surface area contributed by atoms with E-state index >= 15 is 0 Å². The molecule has 1 heterocycles. The summed E-state index contributed by atoms with van der Waals surface area (Å²) in [6.07, 6.45) is 1.26. The van der Waals surface area contributed by atoms with Gasteiger partial charge in [0.15, 0.2) is 0 Å². The molecule has 94 valence electrons. The molecule has 1 aromatic carbocycles. The first-order chi connectivity index (χ1) is 8.26. The zero-order valence-electron chi connectivity index (χ0n) is 11.2. The first kappa shape index (κ1) is 12.4. The van der Waals surface area contributed by atoms with Crippen molar-refractivity contribution in [3.63, 3.8) is 0 Å². The second kappa shape index (κ2) is 5.54. The van der Waals surface area contributed by atoms with Crippen LogP contribution in [0, 0.1) is 12.8 Å². The molecule has 1 N–H and O–H groups in total. The molecule has 0 bridgehead atoms. The Bertz CT molecular complexity index is 362. The minimum atomic E-state index is 0.659. The number of benzene rings is 1. The van der Waals surface area contributed by atoms with Gasteiger partial charge >= 0.3 is 0 Å². The minimum absolute atomic E-state index is 0.659. The van der Waals surface area contributed by atoms with Crippen LogP contribution in [0.15, 0.2) is 24.3 Å². The average Bonchev–Trinajstić information content (AvgIpc) is 2.78. The summed E-state index contributed by atoms with van der Waals surface area (Å²) in [4.78, 5) is 2.56. The van der Waals surface area contributed by atoms with Crippen molar-refractivity contribution in [1.82, 2.24) is 5.32 Å². The lowest BCUT2D eigenvalue weighted by Crippen LogP contribution is -2.40. The summed E-state index contributed by atoms with van der Waals surface area (Å²) in [6, 6.07) is 9.53. The number of hydrogen-bond donors (Lipinski definition) is 1. The number of likely N-dealkylation sites (N-methyl/N-ethyl adjacent to an activating group) is 1. The monoisotopic (exact) mass is 232 g/mol. The lowest BCUT2D eigenvalue weighted by molar-refractivity contribution is 0.470. The molecule has 0 saturated carbocycles. The molecule has 2 unspecified atom stereocenters. The molecule has 17 heavy (non-hydrogen) atoms. The van der Waals surface area contributed by atoms with Crippen LogP contribution in [0.3, 0.4) is 0 Å². The molecule has 0 amide bonds. The van der Waals surface area contributed by atoms with E-state index < -0.39 is 0 Å². The van der Waals surface area contributed by atoms with E-state index in [1.165, 1.54) is 24.2 Å². The third kappa shape index (κ3) is 2.63. The number of aryl methyl sites for hydroxylation is 1. The average molecular weight is 232 g/mol. The Morgan fingerprint density at radius 2 is 2.12 bits per heavy atom. The Balaban J connectivity index is 2.21. The largest absolute Gasteiger partial charge is 0.367 e. The molecule has 2 nitrogen and oxygen atoms in total. The van der Waals surface area contributed by atoms with Crippen molar-refractivity contribution in [3.8, 4) is 0 Å². The number of anilines is 1. The third-order valence-corrected chi connectivity index (χ3v) is 3.90. The van der Waals surface area contributed by atoms with Gasteiger partial charge in [-0.3, -0.25) is 0 Å². The van der Waals surface area contributed by atoms with Crippen LogP contribution < -0.4 is 10.2 Å². The third-order valence-electron chi connectivity index (χ3n) is 3.90. The van der Waals surface area contributed by atoms with Crippen LogP contribution in [0.4, 0.5) is 5.69 Å². The predicted molar refractivity (Wildman–Crippen MR) is 74.6 cm³/mol. The fraction of sp³-hybridized carbons (Fsp3) is 0.600. The number of rotatable bonds is 4. The van der Waals surface area contributed by atoms with Crippen molar-refractivity contribution in [3.05, 3.63) is 29.8 Å². The summed E-state index contributed by atoms with van der Waals surface area (Å²) in [5.74, 6) is 0.787. The predicted octanol–water partition coefficient (Wildman–Crippen LogP) is 2.82. The van der Waals surface area contributed by atoms with E-state index in [-0.39, 0.29) is 0 Å². The van der Waals surface area contributed by atoms with Crippen LogP contribution in [-0.2, 0) is 0 Å².